The normalized spacial score (nSPS) is 20.9. The number of hydrogen-bond donors (Lipinski definition) is 15. The lowest BCUT2D eigenvalue weighted by Gasteiger charge is -2.28. The lowest BCUT2D eigenvalue weighted by Crippen LogP contribution is -2.60. The number of primary amides is 1. The number of carbonyl (C=O) groups is 9. The van der Waals surface area contributed by atoms with Gasteiger partial charge in [-0.2, -0.15) is 0 Å². The number of aliphatic imine (C=N–C) groups is 2. The summed E-state index contributed by atoms with van der Waals surface area (Å²) in [6.07, 6.45) is 0.498. The zero-order chi connectivity index (χ0) is 55.7. The molecule has 9 amide bonds. The van der Waals surface area contributed by atoms with E-state index in [9.17, 15) is 48.1 Å². The molecule has 7 atom stereocenters. The Bertz CT molecular complexity index is 2600. The van der Waals surface area contributed by atoms with Crippen molar-refractivity contribution in [3.63, 3.8) is 0 Å². The number of hydrogen-bond acceptors (Lipinski definition) is 14. The van der Waals surface area contributed by atoms with E-state index in [-0.39, 0.29) is 120 Å². The molecular formula is C48H70N18O10. The molecule has 76 heavy (non-hydrogen) atoms. The van der Waals surface area contributed by atoms with Crippen LogP contribution in [0.3, 0.4) is 0 Å². The Morgan fingerprint density at radius 2 is 1.28 bits per heavy atom. The standard InChI is InChI=1S/C48H70N18O10/c1-26(67)59-33(14-7-21-56-47(51)52)41(70)62-35-16-17-39(68)55-20-6-13-32(40(50)69)60-45(74)38(24-28-25-58-31-12-5-3-10-29(28)31)65-42(71)34(15-8-22-57-48(53)54)61-46(75)37(23-27-9-2-4-11-30(27)66-76)64-44(73)36(18-19-49)63-43(35)72/h2-5,9-12,25,32-38,58H,6-8,13-24,49H2,1H3,(H2,50,69)(H,55,68)(H,59,67)(H,60,74)(H,61,75)(H,62,70)(H,63,72)(H,64,73)(H,65,71)(H4,51,52,56)(H4,53,54,57)/t32-,33-,34-,35-,36-,37+,38-/m0/s1. The number of nitrogens with one attached hydrogen (secondary N) is 9. The molecule has 0 spiro atoms. The van der Waals surface area contributed by atoms with Gasteiger partial charge in [-0.15, -0.1) is 4.91 Å². The molecule has 0 bridgehead atoms. The largest absolute Gasteiger partial charge is 0.370 e. The molecule has 3 aromatic rings. The predicted octanol–water partition coefficient (Wildman–Crippen LogP) is -3.60. The van der Waals surface area contributed by atoms with Crippen molar-refractivity contribution in [2.24, 2.45) is 49.6 Å². The Hall–Kier alpha value is -8.69. The van der Waals surface area contributed by atoms with Crippen molar-refractivity contribution in [3.05, 3.63) is 70.8 Å². The van der Waals surface area contributed by atoms with E-state index in [0.717, 1.165) is 10.9 Å². The molecule has 28 heteroatoms. The Kier molecular flexibility index (Phi) is 24.0. The Labute approximate surface area is 437 Å². The minimum Gasteiger partial charge on any atom is -0.370 e. The summed E-state index contributed by atoms with van der Waals surface area (Å²) in [5.41, 5.74) is 35.1. The quantitative estimate of drug-likeness (QED) is 0.0239. The van der Waals surface area contributed by atoms with E-state index in [1.807, 2.05) is 12.1 Å². The van der Waals surface area contributed by atoms with E-state index >= 15 is 0 Å². The topological polar surface area (TPSA) is 476 Å². The van der Waals surface area contributed by atoms with E-state index in [1.54, 1.807) is 24.4 Å². The molecule has 0 aliphatic carbocycles. The molecule has 0 unspecified atom stereocenters. The summed E-state index contributed by atoms with van der Waals surface area (Å²) < 4.78 is 0. The molecule has 2 aromatic carbocycles. The summed E-state index contributed by atoms with van der Waals surface area (Å²) in [5, 5.41) is 24.8. The average Bonchev–Trinajstić information content (AvgIpc) is 3.78. The molecule has 0 saturated carbocycles. The molecule has 1 fully saturated rings. The number of aromatic amines is 1. The van der Waals surface area contributed by atoms with Gasteiger partial charge in [0.15, 0.2) is 11.9 Å². The van der Waals surface area contributed by atoms with Gasteiger partial charge >= 0.3 is 0 Å². The third kappa shape index (κ3) is 19.6. The van der Waals surface area contributed by atoms with Crippen LogP contribution >= 0.6 is 0 Å². The zero-order valence-corrected chi connectivity index (χ0v) is 42.2. The number of H-pyrrole nitrogens is 1. The molecule has 0 radical (unpaired) electrons. The third-order valence-electron chi connectivity index (χ3n) is 12.1. The van der Waals surface area contributed by atoms with Gasteiger partial charge in [0.1, 0.15) is 48.0 Å². The van der Waals surface area contributed by atoms with Crippen molar-refractivity contribution in [2.75, 3.05) is 26.2 Å². The SMILES string of the molecule is CC(=O)N[C@@H](CCCN=C(N)N)C(=O)N[C@H]1CCC(=O)NCCC[C@@H](C(N)=O)NC(=O)[C@H](Cc2c[nH]c3ccccc23)NC(=O)[C@H](CCCN=C(N)N)NC(=O)[C@@H](Cc2ccccc2N=O)NC(=O)[C@H](CCN)NC1=O. The van der Waals surface area contributed by atoms with Crippen molar-refractivity contribution >= 4 is 81.7 Å². The van der Waals surface area contributed by atoms with Crippen molar-refractivity contribution in [3.8, 4) is 0 Å². The van der Waals surface area contributed by atoms with Crippen LogP contribution in [0, 0.1) is 4.91 Å². The van der Waals surface area contributed by atoms with Gasteiger partial charge in [0.05, 0.1) is 0 Å². The van der Waals surface area contributed by atoms with Crippen LogP contribution in [-0.4, -0.2) is 139 Å². The molecule has 1 aliphatic rings. The Morgan fingerprint density at radius 3 is 1.92 bits per heavy atom. The van der Waals surface area contributed by atoms with Crippen molar-refractivity contribution in [1.29, 1.82) is 0 Å². The third-order valence-corrected chi connectivity index (χ3v) is 12.1. The maximum atomic E-state index is 14.6. The minimum absolute atomic E-state index is 0.00969. The fourth-order valence-corrected chi connectivity index (χ4v) is 8.24. The van der Waals surface area contributed by atoms with Crippen LogP contribution in [0.15, 0.2) is 69.9 Å². The summed E-state index contributed by atoms with van der Waals surface area (Å²) in [4.78, 5) is 147. The first-order chi connectivity index (χ1) is 36.3. The van der Waals surface area contributed by atoms with Crippen LogP contribution < -0.4 is 76.9 Å². The van der Waals surface area contributed by atoms with Gasteiger partial charge in [0.25, 0.3) is 0 Å². The monoisotopic (exact) mass is 1060 g/mol. The van der Waals surface area contributed by atoms with Crippen LogP contribution in [0.4, 0.5) is 5.69 Å². The van der Waals surface area contributed by atoms with Gasteiger partial charge < -0.3 is 81.9 Å². The summed E-state index contributed by atoms with van der Waals surface area (Å²) >= 11 is 0. The molecule has 1 saturated heterocycles. The Balaban J connectivity index is 1.79. The fraction of sp³-hybridized carbons (Fsp3) is 0.479. The number of guanidine groups is 2. The minimum atomic E-state index is -1.60. The van der Waals surface area contributed by atoms with Crippen molar-refractivity contribution in [1.82, 2.24) is 47.5 Å². The highest BCUT2D eigenvalue weighted by atomic mass is 16.3. The molecule has 21 N–H and O–H groups in total. The lowest BCUT2D eigenvalue weighted by molar-refractivity contribution is -0.136. The van der Waals surface area contributed by atoms with Gasteiger partial charge in [-0.25, -0.2) is 0 Å². The van der Waals surface area contributed by atoms with Crippen LogP contribution in [0.5, 0.6) is 0 Å². The molecule has 1 aromatic heterocycles. The van der Waals surface area contributed by atoms with E-state index in [0.29, 0.717) is 5.56 Å². The number of para-hydroxylation sites is 1. The highest BCUT2D eigenvalue weighted by Gasteiger charge is 2.35. The molecule has 1 aliphatic heterocycles. The van der Waals surface area contributed by atoms with Gasteiger partial charge in [0.2, 0.25) is 53.2 Å². The molecule has 412 valence electrons. The first-order valence-electron chi connectivity index (χ1n) is 24.7. The van der Waals surface area contributed by atoms with Crippen molar-refractivity contribution in [2.45, 2.75) is 120 Å². The average molecular weight is 1060 g/mol. The van der Waals surface area contributed by atoms with E-state index in [2.05, 4.69) is 62.7 Å². The van der Waals surface area contributed by atoms with Gasteiger partial charge in [-0.05, 0) is 86.3 Å². The Morgan fingerprint density at radius 1 is 0.697 bits per heavy atom. The maximum absolute atomic E-state index is 14.6. The number of rotatable bonds is 19. The second-order valence-corrected chi connectivity index (χ2v) is 18.0. The molecule has 28 nitrogen and oxygen atoms in total. The van der Waals surface area contributed by atoms with Crippen LogP contribution in [-0.2, 0) is 56.0 Å². The maximum Gasteiger partial charge on any atom is 0.243 e. The lowest BCUT2D eigenvalue weighted by atomic mass is 10.0. The van der Waals surface area contributed by atoms with Crippen LogP contribution in [0.25, 0.3) is 10.9 Å². The summed E-state index contributed by atoms with van der Waals surface area (Å²) in [6.45, 7) is 1.08. The highest BCUT2D eigenvalue weighted by Crippen LogP contribution is 2.22. The van der Waals surface area contributed by atoms with E-state index in [1.165, 1.54) is 25.1 Å². The van der Waals surface area contributed by atoms with Crippen LogP contribution in [0.1, 0.15) is 75.8 Å². The second-order valence-electron chi connectivity index (χ2n) is 18.0. The summed E-state index contributed by atoms with van der Waals surface area (Å²) in [7, 11) is 0. The van der Waals surface area contributed by atoms with E-state index in [4.69, 9.17) is 34.4 Å². The van der Waals surface area contributed by atoms with E-state index < -0.39 is 95.5 Å². The molecule has 2 heterocycles. The number of carbonyl (C=O) groups excluding carboxylic acids is 9. The summed E-state index contributed by atoms with van der Waals surface area (Å²) in [5.74, 6) is -7.89. The number of nitrogens with two attached hydrogens (primary N) is 6. The van der Waals surface area contributed by atoms with Gasteiger partial charge in [-0.3, -0.25) is 53.1 Å². The smallest absolute Gasteiger partial charge is 0.243 e. The second kappa shape index (κ2) is 30.5. The highest BCUT2D eigenvalue weighted by molar-refractivity contribution is 5.98. The number of fused-ring (bicyclic) bond motifs is 1. The first-order valence-corrected chi connectivity index (χ1v) is 24.7. The van der Waals surface area contributed by atoms with Crippen LogP contribution in [0.2, 0.25) is 0 Å². The summed E-state index contributed by atoms with van der Waals surface area (Å²) in [6, 6.07) is 3.25. The number of amides is 9. The predicted molar refractivity (Wildman–Crippen MR) is 281 cm³/mol. The molecule has 4 rings (SSSR count). The number of aromatic nitrogens is 1. The number of nitrogens with zero attached hydrogens (tertiary/aromatic N) is 3. The number of benzene rings is 2. The fourth-order valence-electron chi connectivity index (χ4n) is 8.24. The van der Waals surface area contributed by atoms with Gasteiger partial charge in [-0.1, -0.05) is 36.4 Å². The van der Waals surface area contributed by atoms with Crippen molar-refractivity contribution < 1.29 is 43.2 Å². The zero-order valence-electron chi connectivity index (χ0n) is 42.2. The van der Waals surface area contributed by atoms with Gasteiger partial charge in [0, 0.05) is 62.9 Å². The number of nitroso groups, excluding NO2 is 1. The molecular weight excluding hydrogens is 989 g/mol. The first kappa shape index (κ1) is 59.9.